The number of hydrogen-bond acceptors (Lipinski definition) is 4. The van der Waals surface area contributed by atoms with Crippen molar-refractivity contribution in [3.63, 3.8) is 0 Å². The Labute approximate surface area is 66.8 Å². The molecular formula is C6H12O4P-3. The van der Waals surface area contributed by atoms with E-state index in [1.807, 2.05) is 6.08 Å². The van der Waals surface area contributed by atoms with E-state index in [4.69, 9.17) is 19.2 Å². The first kappa shape index (κ1) is 13.4. The van der Waals surface area contributed by atoms with Crippen LogP contribution in [-0.2, 0) is 4.57 Å². The SMILES string of the molecule is C=CC(C)CC.O=P([O-])([O-])[O-]. The molecule has 0 aliphatic carbocycles. The smallest absolute Gasteiger partial charge is 0.0267 e. The highest BCUT2D eigenvalue weighted by molar-refractivity contribution is 7.40. The van der Waals surface area contributed by atoms with Gasteiger partial charge in [0.2, 0.25) is 0 Å². The lowest BCUT2D eigenvalue weighted by atomic mass is 10.1. The monoisotopic (exact) mass is 179 g/mol. The summed E-state index contributed by atoms with van der Waals surface area (Å²) in [5.41, 5.74) is 0. The zero-order valence-corrected chi connectivity index (χ0v) is 7.54. The molecule has 0 aliphatic rings. The van der Waals surface area contributed by atoms with Crippen molar-refractivity contribution < 1.29 is 19.2 Å². The quantitative estimate of drug-likeness (QED) is 0.418. The van der Waals surface area contributed by atoms with Crippen molar-refractivity contribution in [2.75, 3.05) is 0 Å². The van der Waals surface area contributed by atoms with E-state index in [-0.39, 0.29) is 0 Å². The van der Waals surface area contributed by atoms with Crippen molar-refractivity contribution in [2.24, 2.45) is 5.92 Å². The molecule has 4 nitrogen and oxygen atoms in total. The van der Waals surface area contributed by atoms with Crippen molar-refractivity contribution in [3.05, 3.63) is 12.7 Å². The van der Waals surface area contributed by atoms with Gasteiger partial charge in [-0.25, -0.2) is 0 Å². The van der Waals surface area contributed by atoms with Gasteiger partial charge in [0, 0.05) is 0 Å². The van der Waals surface area contributed by atoms with E-state index >= 15 is 0 Å². The molecule has 68 valence electrons. The Hall–Kier alpha value is -0.150. The minimum Gasteiger partial charge on any atom is -0.822 e. The lowest BCUT2D eigenvalue weighted by Crippen LogP contribution is -2.24. The molecule has 0 aliphatic heterocycles. The molecule has 0 N–H and O–H groups in total. The van der Waals surface area contributed by atoms with Crippen molar-refractivity contribution >= 4 is 7.82 Å². The first-order valence-corrected chi connectivity index (χ1v) is 4.63. The van der Waals surface area contributed by atoms with Gasteiger partial charge in [0.15, 0.2) is 0 Å². The minimum atomic E-state index is -5.39. The van der Waals surface area contributed by atoms with Crippen molar-refractivity contribution in [2.45, 2.75) is 20.3 Å². The highest BCUT2D eigenvalue weighted by Crippen LogP contribution is 2.03. The summed E-state index contributed by atoms with van der Waals surface area (Å²) in [5, 5.41) is 0. The van der Waals surface area contributed by atoms with Gasteiger partial charge >= 0.3 is 0 Å². The van der Waals surface area contributed by atoms with Gasteiger partial charge in [-0.3, -0.25) is 0 Å². The van der Waals surface area contributed by atoms with Crippen LogP contribution in [-0.4, -0.2) is 0 Å². The number of hydrogen-bond donors (Lipinski definition) is 0. The van der Waals surface area contributed by atoms with Crippen LogP contribution < -0.4 is 14.7 Å². The first-order valence-electron chi connectivity index (χ1n) is 3.16. The molecule has 0 spiro atoms. The fraction of sp³-hybridized carbons (Fsp3) is 0.667. The molecule has 0 heterocycles. The fourth-order valence-electron chi connectivity index (χ4n) is 0.167. The largest absolute Gasteiger partial charge is 0.822 e. The minimum absolute atomic E-state index is 0.699. The predicted molar refractivity (Wildman–Crippen MR) is 37.3 cm³/mol. The molecule has 0 saturated carbocycles. The molecule has 1 unspecified atom stereocenters. The van der Waals surface area contributed by atoms with Gasteiger partial charge in [0.05, 0.1) is 0 Å². The van der Waals surface area contributed by atoms with Crippen LogP contribution in [0.2, 0.25) is 0 Å². The molecule has 0 aromatic carbocycles. The van der Waals surface area contributed by atoms with Crippen LogP contribution in [0, 0.1) is 5.92 Å². The molecule has 0 radical (unpaired) electrons. The average molecular weight is 179 g/mol. The summed E-state index contributed by atoms with van der Waals surface area (Å²) in [7, 11) is -5.39. The molecule has 0 saturated heterocycles. The number of allylic oxidation sites excluding steroid dienone is 1. The summed E-state index contributed by atoms with van der Waals surface area (Å²) in [6.45, 7) is 7.95. The van der Waals surface area contributed by atoms with E-state index < -0.39 is 7.82 Å². The normalized spacial score (nSPS) is 12.8. The third-order valence-corrected chi connectivity index (χ3v) is 1.05. The Morgan fingerprint density at radius 1 is 1.55 bits per heavy atom. The van der Waals surface area contributed by atoms with Crippen LogP contribution >= 0.6 is 7.82 Å². The summed E-state index contributed by atoms with van der Waals surface area (Å²) >= 11 is 0. The number of rotatable bonds is 2. The Kier molecular flexibility index (Phi) is 8.01. The van der Waals surface area contributed by atoms with Crippen molar-refractivity contribution in [1.82, 2.24) is 0 Å². The molecular weight excluding hydrogens is 167 g/mol. The number of phosphoric acid groups is 1. The third-order valence-electron chi connectivity index (χ3n) is 1.05. The van der Waals surface area contributed by atoms with E-state index in [1.165, 1.54) is 6.42 Å². The molecule has 0 aromatic rings. The first-order chi connectivity index (χ1) is 4.81. The van der Waals surface area contributed by atoms with Gasteiger partial charge in [-0.05, 0) is 5.92 Å². The van der Waals surface area contributed by atoms with Crippen LogP contribution in [0.4, 0.5) is 0 Å². The topological polar surface area (TPSA) is 86.2 Å². The van der Waals surface area contributed by atoms with Crippen LogP contribution in [0.25, 0.3) is 0 Å². The van der Waals surface area contributed by atoms with Gasteiger partial charge in [-0.15, -0.1) is 6.58 Å². The molecule has 11 heavy (non-hydrogen) atoms. The predicted octanol–water partition coefficient (Wildman–Crippen LogP) is -0.606. The second-order valence-electron chi connectivity index (χ2n) is 2.07. The van der Waals surface area contributed by atoms with E-state index in [9.17, 15) is 0 Å². The third kappa shape index (κ3) is 41.0. The van der Waals surface area contributed by atoms with Crippen LogP contribution in [0.5, 0.6) is 0 Å². The van der Waals surface area contributed by atoms with Gasteiger partial charge in [-0.1, -0.05) is 26.3 Å². The lowest BCUT2D eigenvalue weighted by Gasteiger charge is -2.36. The Morgan fingerprint density at radius 3 is 1.82 bits per heavy atom. The molecule has 0 aromatic heterocycles. The van der Waals surface area contributed by atoms with Gasteiger partial charge in [0.1, 0.15) is 0 Å². The molecule has 0 fully saturated rings. The maximum absolute atomic E-state index is 8.55. The standard InChI is InChI=1S/C6H12.H3O4P/c1-4-6(3)5-2;1-5(2,3)4/h4,6H,1,5H2,2-3H3;(H3,1,2,3,4)/p-3. The van der Waals surface area contributed by atoms with Crippen molar-refractivity contribution in [1.29, 1.82) is 0 Å². The van der Waals surface area contributed by atoms with E-state index in [1.54, 1.807) is 0 Å². The highest BCUT2D eigenvalue weighted by Gasteiger charge is 1.84. The summed E-state index contributed by atoms with van der Waals surface area (Å²) in [4.78, 5) is 25.6. The van der Waals surface area contributed by atoms with Crippen molar-refractivity contribution in [3.8, 4) is 0 Å². The zero-order chi connectivity index (χ0) is 9.49. The van der Waals surface area contributed by atoms with Gasteiger partial charge in [-0.2, -0.15) is 7.82 Å². The van der Waals surface area contributed by atoms with E-state index in [2.05, 4.69) is 20.4 Å². The average Bonchev–Trinajstić information content (AvgIpc) is 1.83. The summed E-state index contributed by atoms with van der Waals surface area (Å²) in [5.74, 6) is 0.699. The van der Waals surface area contributed by atoms with Gasteiger partial charge in [0.25, 0.3) is 0 Å². The Bertz CT molecular complexity index is 131. The lowest BCUT2D eigenvalue weighted by molar-refractivity contribution is -0.432. The summed E-state index contributed by atoms with van der Waals surface area (Å²) in [6, 6.07) is 0. The Morgan fingerprint density at radius 2 is 1.82 bits per heavy atom. The zero-order valence-electron chi connectivity index (χ0n) is 6.65. The highest BCUT2D eigenvalue weighted by atomic mass is 31.2. The van der Waals surface area contributed by atoms with E-state index in [0.717, 1.165) is 0 Å². The second kappa shape index (κ2) is 6.55. The summed E-state index contributed by atoms with van der Waals surface area (Å²) in [6.07, 6.45) is 3.18. The Balaban J connectivity index is 0. The molecule has 0 rings (SSSR count). The van der Waals surface area contributed by atoms with Crippen LogP contribution in [0.15, 0.2) is 12.7 Å². The fourth-order valence-corrected chi connectivity index (χ4v) is 0.167. The van der Waals surface area contributed by atoms with Crippen LogP contribution in [0.3, 0.4) is 0 Å². The molecule has 1 atom stereocenters. The second-order valence-corrected chi connectivity index (χ2v) is 2.96. The van der Waals surface area contributed by atoms with Gasteiger partial charge < -0.3 is 19.2 Å². The molecule has 0 bridgehead atoms. The maximum Gasteiger partial charge on any atom is -0.0267 e. The molecule has 5 heteroatoms. The van der Waals surface area contributed by atoms with Crippen LogP contribution in [0.1, 0.15) is 20.3 Å². The molecule has 0 amide bonds. The summed E-state index contributed by atoms with van der Waals surface area (Å²) < 4.78 is 8.55. The van der Waals surface area contributed by atoms with E-state index in [0.29, 0.717) is 5.92 Å². The maximum atomic E-state index is 8.55.